The molecule has 2 N–H and O–H groups in total. The number of para-hydroxylation sites is 1. The van der Waals surface area contributed by atoms with Crippen LogP contribution in [0.3, 0.4) is 0 Å². The van der Waals surface area contributed by atoms with Gasteiger partial charge in [0, 0.05) is 34.8 Å². The second-order valence-corrected chi connectivity index (χ2v) is 8.99. The number of carbonyl (C=O) groups excluding carboxylic acids is 2. The molecule has 4 rings (SSSR count). The lowest BCUT2D eigenvalue weighted by molar-refractivity contribution is -0.140. The van der Waals surface area contributed by atoms with Crippen LogP contribution in [0.5, 0.6) is 5.75 Å². The smallest absolute Gasteiger partial charge is 0.295 e. The molecule has 0 saturated carbocycles. The molecule has 1 saturated heterocycles. The van der Waals surface area contributed by atoms with E-state index in [1.165, 1.54) is 24.1 Å². The maximum atomic E-state index is 13.2. The molecule has 2 heterocycles. The Morgan fingerprint density at radius 1 is 1.18 bits per heavy atom. The predicted molar refractivity (Wildman–Crippen MR) is 131 cm³/mol. The molecular formula is C25H24Cl2N2O5. The number of Topliss-reactive ketones (excluding diaryl/α,β-unsaturated/α-hetero) is 1. The van der Waals surface area contributed by atoms with Gasteiger partial charge in [-0.05, 0) is 32.0 Å². The van der Waals surface area contributed by atoms with Crippen molar-refractivity contribution in [2.24, 2.45) is 0 Å². The number of hydrogen-bond donors (Lipinski definition) is 2. The van der Waals surface area contributed by atoms with Crippen molar-refractivity contribution in [1.29, 1.82) is 0 Å². The summed E-state index contributed by atoms with van der Waals surface area (Å²) in [4.78, 5) is 30.9. The van der Waals surface area contributed by atoms with Crippen LogP contribution in [0.2, 0.25) is 10.0 Å². The molecule has 0 aliphatic carbocycles. The lowest BCUT2D eigenvalue weighted by atomic mass is 9.95. The Hall–Kier alpha value is -3.00. The first-order valence-corrected chi connectivity index (χ1v) is 11.5. The number of aromatic amines is 1. The molecule has 34 heavy (non-hydrogen) atoms. The number of ether oxygens (including phenoxy) is 2. The van der Waals surface area contributed by atoms with E-state index in [1.54, 1.807) is 6.20 Å². The van der Waals surface area contributed by atoms with Gasteiger partial charge in [0.25, 0.3) is 11.7 Å². The van der Waals surface area contributed by atoms with E-state index in [1.807, 2.05) is 38.1 Å². The van der Waals surface area contributed by atoms with E-state index in [2.05, 4.69) is 4.98 Å². The van der Waals surface area contributed by atoms with Crippen molar-refractivity contribution in [3.05, 3.63) is 69.3 Å². The number of hydrogen-bond acceptors (Lipinski definition) is 5. The summed E-state index contributed by atoms with van der Waals surface area (Å²) in [5, 5.41) is 12.4. The fourth-order valence-electron chi connectivity index (χ4n) is 4.19. The van der Waals surface area contributed by atoms with Crippen molar-refractivity contribution in [1.82, 2.24) is 9.88 Å². The van der Waals surface area contributed by atoms with Gasteiger partial charge in [0.2, 0.25) is 0 Å². The highest BCUT2D eigenvalue weighted by atomic mass is 35.5. The minimum atomic E-state index is -0.827. The number of benzene rings is 2. The number of aliphatic hydroxyl groups excluding tert-OH is 1. The third kappa shape index (κ3) is 4.27. The summed E-state index contributed by atoms with van der Waals surface area (Å²) in [6.07, 6.45) is 1.71. The average Bonchev–Trinajstić information content (AvgIpc) is 3.32. The van der Waals surface area contributed by atoms with Crippen molar-refractivity contribution in [2.45, 2.75) is 26.0 Å². The number of methoxy groups -OCH3 is 1. The van der Waals surface area contributed by atoms with E-state index < -0.39 is 17.7 Å². The lowest BCUT2D eigenvalue weighted by Gasteiger charge is -2.25. The van der Waals surface area contributed by atoms with Crippen molar-refractivity contribution in [2.75, 3.05) is 20.3 Å². The van der Waals surface area contributed by atoms with Crippen LogP contribution in [0.4, 0.5) is 0 Å². The number of H-pyrrole nitrogens is 1. The van der Waals surface area contributed by atoms with Gasteiger partial charge in [-0.15, -0.1) is 0 Å². The maximum Gasteiger partial charge on any atom is 0.295 e. The Morgan fingerprint density at radius 2 is 1.85 bits per heavy atom. The van der Waals surface area contributed by atoms with Crippen LogP contribution in [0.15, 0.2) is 48.2 Å². The fourth-order valence-corrected chi connectivity index (χ4v) is 4.83. The molecule has 1 amide bonds. The molecular weight excluding hydrogens is 479 g/mol. The molecule has 2 aromatic carbocycles. The molecule has 1 aliphatic heterocycles. The quantitative estimate of drug-likeness (QED) is 0.258. The van der Waals surface area contributed by atoms with E-state index >= 15 is 0 Å². The van der Waals surface area contributed by atoms with E-state index in [4.69, 9.17) is 32.7 Å². The van der Waals surface area contributed by atoms with Crippen molar-refractivity contribution in [3.63, 3.8) is 0 Å². The summed E-state index contributed by atoms with van der Waals surface area (Å²) in [5.41, 5.74) is 1.69. The Kier molecular flexibility index (Phi) is 6.89. The van der Waals surface area contributed by atoms with Crippen LogP contribution in [-0.2, 0) is 14.3 Å². The Morgan fingerprint density at radius 3 is 2.50 bits per heavy atom. The first-order chi connectivity index (χ1) is 16.2. The topological polar surface area (TPSA) is 91.9 Å². The van der Waals surface area contributed by atoms with E-state index in [-0.39, 0.29) is 51.9 Å². The first kappa shape index (κ1) is 24.1. The van der Waals surface area contributed by atoms with Crippen LogP contribution in [-0.4, -0.2) is 53.0 Å². The molecule has 0 radical (unpaired) electrons. The molecule has 7 nitrogen and oxygen atoms in total. The van der Waals surface area contributed by atoms with E-state index in [0.29, 0.717) is 5.56 Å². The summed E-state index contributed by atoms with van der Waals surface area (Å²) in [6, 6.07) is 9.62. The SMILES string of the molecule is COc1c(Cl)cc(/C(O)=C2\C(=O)C(=O)N(CCOC(C)C)C2c2c[nH]c3ccccc23)cc1Cl. The predicted octanol–water partition coefficient (Wildman–Crippen LogP) is 5.33. The molecule has 1 aromatic heterocycles. The maximum absolute atomic E-state index is 13.2. The molecule has 1 fully saturated rings. The van der Waals surface area contributed by atoms with Gasteiger partial charge in [0.1, 0.15) is 5.76 Å². The number of carbonyl (C=O) groups is 2. The minimum absolute atomic E-state index is 0.0352. The van der Waals surface area contributed by atoms with Crippen LogP contribution < -0.4 is 4.74 Å². The number of likely N-dealkylation sites (tertiary alicyclic amines) is 1. The van der Waals surface area contributed by atoms with Crippen LogP contribution in [0.1, 0.15) is 31.0 Å². The van der Waals surface area contributed by atoms with Gasteiger partial charge in [-0.25, -0.2) is 0 Å². The van der Waals surface area contributed by atoms with Crippen LogP contribution in [0.25, 0.3) is 16.7 Å². The van der Waals surface area contributed by atoms with Crippen molar-refractivity contribution >= 4 is 51.6 Å². The number of fused-ring (bicyclic) bond motifs is 1. The zero-order valence-electron chi connectivity index (χ0n) is 18.9. The standard InChI is InChI=1S/C25H24Cl2N2O5/c1-13(2)34-9-8-29-21(16-12-28-19-7-5-4-6-15(16)19)20(23(31)25(29)32)22(30)14-10-17(26)24(33-3)18(27)11-14/h4-7,10-13,21,28,30H,8-9H2,1-3H3/b22-20+. The van der Waals surface area contributed by atoms with Gasteiger partial charge in [-0.3, -0.25) is 9.59 Å². The molecule has 1 unspecified atom stereocenters. The second-order valence-electron chi connectivity index (χ2n) is 8.17. The van der Waals surface area contributed by atoms with E-state index in [9.17, 15) is 14.7 Å². The van der Waals surface area contributed by atoms with Gasteiger partial charge in [0.15, 0.2) is 5.75 Å². The molecule has 1 aliphatic rings. The number of rotatable bonds is 7. The Balaban J connectivity index is 1.89. The highest BCUT2D eigenvalue weighted by Gasteiger charge is 2.46. The Labute approximate surface area is 206 Å². The second kappa shape index (κ2) is 9.70. The van der Waals surface area contributed by atoms with Gasteiger partial charge >= 0.3 is 0 Å². The summed E-state index contributed by atoms with van der Waals surface area (Å²) in [6.45, 7) is 4.20. The molecule has 9 heteroatoms. The fraction of sp³-hybridized carbons (Fsp3) is 0.280. The minimum Gasteiger partial charge on any atom is -0.507 e. The van der Waals surface area contributed by atoms with Crippen LogP contribution in [0, 0.1) is 0 Å². The summed E-state index contributed by atoms with van der Waals surface area (Å²) < 4.78 is 10.8. The third-order valence-corrected chi connectivity index (χ3v) is 6.28. The average molecular weight is 503 g/mol. The number of aromatic nitrogens is 1. The first-order valence-electron chi connectivity index (χ1n) is 10.7. The zero-order valence-corrected chi connectivity index (χ0v) is 20.4. The Bertz CT molecular complexity index is 1270. The number of halogens is 2. The number of ketones is 1. The van der Waals surface area contributed by atoms with Crippen LogP contribution >= 0.6 is 23.2 Å². The number of nitrogens with zero attached hydrogens (tertiary/aromatic N) is 1. The summed E-state index contributed by atoms with van der Waals surface area (Å²) >= 11 is 12.5. The largest absolute Gasteiger partial charge is 0.507 e. The normalized spacial score (nSPS) is 17.8. The highest BCUT2D eigenvalue weighted by Crippen LogP contribution is 2.43. The molecule has 0 spiro atoms. The number of nitrogens with one attached hydrogen (secondary N) is 1. The van der Waals surface area contributed by atoms with Gasteiger partial charge in [0.05, 0.1) is 41.5 Å². The van der Waals surface area contributed by atoms with Gasteiger partial charge in [-0.2, -0.15) is 0 Å². The highest BCUT2D eigenvalue weighted by molar-refractivity contribution is 6.47. The zero-order chi connectivity index (χ0) is 24.6. The summed E-state index contributed by atoms with van der Waals surface area (Å²) in [5.74, 6) is -1.62. The van der Waals surface area contributed by atoms with Gasteiger partial charge in [-0.1, -0.05) is 41.4 Å². The number of amides is 1. The van der Waals surface area contributed by atoms with E-state index in [0.717, 1.165) is 10.9 Å². The third-order valence-electron chi connectivity index (χ3n) is 5.72. The molecule has 3 aromatic rings. The lowest BCUT2D eigenvalue weighted by Crippen LogP contribution is -2.33. The molecule has 0 bridgehead atoms. The molecule has 178 valence electrons. The molecule has 1 atom stereocenters. The van der Waals surface area contributed by atoms with Gasteiger partial charge < -0.3 is 24.5 Å². The van der Waals surface area contributed by atoms with Crippen molar-refractivity contribution < 1.29 is 24.2 Å². The number of aliphatic hydroxyl groups is 1. The van der Waals surface area contributed by atoms with Crippen molar-refractivity contribution in [3.8, 4) is 5.75 Å². The monoisotopic (exact) mass is 502 g/mol. The summed E-state index contributed by atoms with van der Waals surface area (Å²) in [7, 11) is 1.43.